The summed E-state index contributed by atoms with van der Waals surface area (Å²) in [5.74, 6) is -2.16. The molecule has 12 nitrogen and oxygen atoms in total. The molecule has 42 heavy (non-hydrogen) atoms. The monoisotopic (exact) mass is 586 g/mol. The molecule has 0 saturated carbocycles. The topological polar surface area (TPSA) is 172 Å². The molecule has 5 rings (SSSR count). The number of esters is 2. The van der Waals surface area contributed by atoms with E-state index < -0.39 is 53.2 Å². The van der Waals surface area contributed by atoms with Crippen molar-refractivity contribution in [3.63, 3.8) is 0 Å². The predicted molar refractivity (Wildman–Crippen MR) is 146 cm³/mol. The molecule has 1 spiro atoms. The van der Waals surface area contributed by atoms with Gasteiger partial charge in [0.15, 0.2) is 12.2 Å². The molecule has 12 heteroatoms. The van der Waals surface area contributed by atoms with Crippen LogP contribution in [0.25, 0.3) is 0 Å². The second-order valence-electron chi connectivity index (χ2n) is 11.9. The fourth-order valence-electron chi connectivity index (χ4n) is 7.02. The molecule has 2 bridgehead atoms. The highest BCUT2D eigenvalue weighted by Crippen LogP contribution is 2.64. The second kappa shape index (κ2) is 11.1. The minimum Gasteiger partial charge on any atom is -0.481 e. The van der Waals surface area contributed by atoms with Crippen molar-refractivity contribution in [2.45, 2.75) is 101 Å². The van der Waals surface area contributed by atoms with Crippen molar-refractivity contribution >= 4 is 23.6 Å². The second-order valence-corrected chi connectivity index (χ2v) is 11.9. The van der Waals surface area contributed by atoms with Gasteiger partial charge in [-0.1, -0.05) is 12.1 Å². The smallest absolute Gasteiger partial charge is 0.352 e. The van der Waals surface area contributed by atoms with Gasteiger partial charge in [-0.25, -0.2) is 9.59 Å². The molecule has 0 aromatic heterocycles. The number of likely N-dealkylation sites (tertiary alicyclic amines) is 1. The summed E-state index contributed by atoms with van der Waals surface area (Å²) in [5.41, 5.74) is 0.370. The van der Waals surface area contributed by atoms with Crippen LogP contribution in [0.3, 0.4) is 0 Å². The Morgan fingerprint density at radius 2 is 1.95 bits per heavy atom. The first kappa shape index (κ1) is 30.1. The van der Waals surface area contributed by atoms with E-state index in [4.69, 9.17) is 14.2 Å². The van der Waals surface area contributed by atoms with Crippen LogP contribution in [0, 0.1) is 0 Å². The van der Waals surface area contributed by atoms with E-state index >= 15 is 0 Å². The summed E-state index contributed by atoms with van der Waals surface area (Å²) in [6.45, 7) is 4.33. The molecule has 2 aliphatic heterocycles. The Morgan fingerprint density at radius 1 is 1.21 bits per heavy atom. The van der Waals surface area contributed by atoms with Crippen molar-refractivity contribution in [2.75, 3.05) is 13.6 Å². The maximum Gasteiger partial charge on any atom is 0.352 e. The number of hydrogen-bond donors (Lipinski definition) is 4. The Labute approximate surface area is 243 Å². The van der Waals surface area contributed by atoms with Crippen LogP contribution in [0.5, 0.6) is 5.75 Å². The molecule has 4 N–H and O–H groups in total. The van der Waals surface area contributed by atoms with Gasteiger partial charge in [-0.3, -0.25) is 4.79 Å². The third kappa shape index (κ3) is 4.70. The molecule has 1 fully saturated rings. The minimum atomic E-state index is -1.39. The number of benzene rings is 1. The van der Waals surface area contributed by atoms with Crippen LogP contribution in [0.15, 0.2) is 24.0 Å². The number of amides is 1. The number of hydrogen-bond acceptors (Lipinski definition) is 11. The van der Waals surface area contributed by atoms with Crippen LogP contribution in [0.2, 0.25) is 0 Å². The molecule has 0 unspecified atom stereocenters. The first-order valence-corrected chi connectivity index (χ1v) is 14.3. The van der Waals surface area contributed by atoms with Gasteiger partial charge in [-0.2, -0.15) is 0 Å². The van der Waals surface area contributed by atoms with Crippen LogP contribution in [-0.2, 0) is 47.1 Å². The number of likely N-dealkylation sites (N-methyl/N-ethyl adjacent to an activating group) is 1. The molecule has 1 aromatic rings. The van der Waals surface area contributed by atoms with Gasteiger partial charge in [-0.15, -0.1) is 0 Å². The molecule has 2 heterocycles. The van der Waals surface area contributed by atoms with E-state index in [0.717, 1.165) is 11.1 Å². The number of ether oxygens (including phenoxy) is 3. The Balaban J connectivity index is 1.37. The maximum atomic E-state index is 13.2. The van der Waals surface area contributed by atoms with Crippen LogP contribution in [0.1, 0.15) is 63.1 Å². The van der Waals surface area contributed by atoms with Gasteiger partial charge in [0.1, 0.15) is 29.4 Å². The van der Waals surface area contributed by atoms with Crippen molar-refractivity contribution in [1.29, 1.82) is 0 Å². The lowest BCUT2D eigenvalue weighted by Crippen LogP contribution is -2.74. The molecule has 7 atom stereocenters. The lowest BCUT2D eigenvalue weighted by molar-refractivity contribution is -0.176. The summed E-state index contributed by atoms with van der Waals surface area (Å²) in [4.78, 5) is 51.8. The lowest BCUT2D eigenvalue weighted by Gasteiger charge is -2.61. The van der Waals surface area contributed by atoms with E-state index in [1.54, 1.807) is 6.08 Å². The third-order valence-electron chi connectivity index (χ3n) is 9.23. The van der Waals surface area contributed by atoms with Gasteiger partial charge in [0.05, 0.1) is 17.6 Å². The molecule has 1 saturated heterocycles. The molecule has 1 aromatic carbocycles. The van der Waals surface area contributed by atoms with Gasteiger partial charge in [0, 0.05) is 30.0 Å². The van der Waals surface area contributed by atoms with Gasteiger partial charge >= 0.3 is 11.9 Å². The van der Waals surface area contributed by atoms with Crippen molar-refractivity contribution in [2.24, 2.45) is 0 Å². The Kier molecular flexibility index (Phi) is 7.94. The maximum absolute atomic E-state index is 13.2. The number of rotatable bonds is 10. The zero-order valence-electron chi connectivity index (χ0n) is 24.2. The summed E-state index contributed by atoms with van der Waals surface area (Å²) < 4.78 is 17.6. The Bertz CT molecular complexity index is 1340. The number of carbonyl (C=O) groups excluding carboxylic acids is 4. The zero-order valence-corrected chi connectivity index (χ0v) is 24.2. The highest BCUT2D eigenvalue weighted by atomic mass is 16.6. The van der Waals surface area contributed by atoms with Crippen LogP contribution >= 0.6 is 0 Å². The highest BCUT2D eigenvalue weighted by molar-refractivity contribution is 5.88. The van der Waals surface area contributed by atoms with Crippen LogP contribution in [-0.4, -0.2) is 93.4 Å². The average Bonchev–Trinajstić information content (AvgIpc) is 3.29. The Hall–Kier alpha value is -3.32. The summed E-state index contributed by atoms with van der Waals surface area (Å²) >= 11 is 0. The number of aliphatic hydroxyl groups excluding tert-OH is 2. The highest BCUT2D eigenvalue weighted by Gasteiger charge is 2.72. The number of nitrogens with zero attached hydrogens (tertiary/aromatic N) is 1. The standard InChI is InChI=1S/C30H38N2O10/c1-15(34)5-8-20(31-26(36)16(2)35)28(38)40-17(3)27(37)41-21-9-10-30(39)22-13-18-6-7-19(14-33)24-23(18)29(30,25(21)42-24)11-12-32(22)4/h6-7,9,16-17,20,22,25,33,35,39H,5,8,10-14H2,1-4H3,(H,31,36)/t16-,17-,20-,22+,25-,29-,30+/m0/s1. The van der Waals surface area contributed by atoms with Crippen molar-refractivity contribution in [3.05, 3.63) is 40.7 Å². The normalized spacial score (nSPS) is 29.3. The van der Waals surface area contributed by atoms with Crippen LogP contribution < -0.4 is 10.1 Å². The predicted octanol–water partition coefficient (Wildman–Crippen LogP) is 0.166. The number of aliphatic hydroxyl groups is 3. The van der Waals surface area contributed by atoms with Crippen molar-refractivity contribution in [1.82, 2.24) is 10.2 Å². The van der Waals surface area contributed by atoms with Gasteiger partial charge in [-0.05, 0) is 65.3 Å². The van der Waals surface area contributed by atoms with E-state index in [0.29, 0.717) is 30.7 Å². The molecule has 1 amide bonds. The molecule has 4 aliphatic rings. The summed E-state index contributed by atoms with van der Waals surface area (Å²) in [7, 11) is 1.98. The zero-order chi connectivity index (χ0) is 30.6. The molecule has 0 radical (unpaired) electrons. The molecular formula is C30H38N2O10. The van der Waals surface area contributed by atoms with Crippen molar-refractivity contribution in [3.8, 4) is 5.75 Å². The number of carbonyl (C=O) groups is 4. The summed E-state index contributed by atoms with van der Waals surface area (Å²) in [5, 5.41) is 34.2. The number of Topliss-reactive ketones (excluding diaryl/α,β-unsaturated/α-hetero) is 1. The quantitative estimate of drug-likeness (QED) is 0.275. The summed E-state index contributed by atoms with van der Waals surface area (Å²) in [6.07, 6.45) is -0.697. The van der Waals surface area contributed by atoms with E-state index in [2.05, 4.69) is 10.2 Å². The Morgan fingerprint density at radius 3 is 2.62 bits per heavy atom. The first-order chi connectivity index (χ1) is 19.8. The lowest BCUT2D eigenvalue weighted by atomic mass is 9.50. The molecule has 2 aliphatic carbocycles. The third-order valence-corrected chi connectivity index (χ3v) is 9.23. The van der Waals surface area contributed by atoms with Crippen LogP contribution in [0.4, 0.5) is 0 Å². The van der Waals surface area contributed by atoms with Gasteiger partial charge in [0.25, 0.3) is 0 Å². The largest absolute Gasteiger partial charge is 0.481 e. The average molecular weight is 587 g/mol. The first-order valence-electron chi connectivity index (χ1n) is 14.3. The molecule has 228 valence electrons. The number of nitrogens with one attached hydrogen (secondary N) is 1. The van der Waals surface area contributed by atoms with E-state index in [1.807, 2.05) is 19.2 Å². The van der Waals surface area contributed by atoms with Gasteiger partial charge in [0.2, 0.25) is 5.91 Å². The fraction of sp³-hybridized carbons (Fsp3) is 0.600. The number of piperidine rings is 1. The fourth-order valence-corrected chi connectivity index (χ4v) is 7.02. The van der Waals surface area contributed by atoms with Gasteiger partial charge < -0.3 is 44.5 Å². The molecular weight excluding hydrogens is 548 g/mol. The number of ketones is 1. The minimum absolute atomic E-state index is 0.0237. The van der Waals surface area contributed by atoms with E-state index in [-0.39, 0.29) is 43.5 Å². The van der Waals surface area contributed by atoms with Crippen molar-refractivity contribution < 1.29 is 48.7 Å². The van der Waals surface area contributed by atoms with E-state index in [9.17, 15) is 34.5 Å². The summed E-state index contributed by atoms with van der Waals surface area (Å²) in [6, 6.07) is 2.34. The SMILES string of the molecule is CC(=O)CC[C@H](NC(=O)[C@H](C)O)C(=O)O[C@@H](C)C(=O)OC1=CC[C@@]2(O)[C@H]3Cc4ccc(CO)c5c4[C@@]2(CCN3C)[C@H]1O5. The van der Waals surface area contributed by atoms with E-state index in [1.165, 1.54) is 20.8 Å².